The van der Waals surface area contributed by atoms with Gasteiger partial charge in [0, 0.05) is 17.0 Å². The molecule has 2 amide bonds. The number of carboxylic acids is 2. The molecule has 3 heterocycles. The number of rotatable bonds is 11. The van der Waals surface area contributed by atoms with Crippen molar-refractivity contribution < 1.29 is 48.6 Å². The number of non-ortho nitro benzene ring substituents is 1. The Bertz CT molecular complexity index is 1650. The number of nitrogen functional groups attached to an aromatic ring is 1. The van der Waals surface area contributed by atoms with Crippen LogP contribution in [0.4, 0.5) is 16.5 Å². The van der Waals surface area contributed by atoms with Crippen LogP contribution < -0.4 is 11.1 Å². The van der Waals surface area contributed by atoms with E-state index in [0.29, 0.717) is 4.90 Å². The first-order valence-electron chi connectivity index (χ1n) is 11.5. The molecule has 0 saturated carbocycles. The Labute approximate surface area is 245 Å². The second kappa shape index (κ2) is 12.2. The minimum Gasteiger partial charge on any atom is -0.614 e. The number of hydrogen-bond acceptors (Lipinski definition) is 14. The van der Waals surface area contributed by atoms with E-state index in [1.807, 2.05) is 0 Å². The Morgan fingerprint density at radius 3 is 2.56 bits per heavy atom. The molecule has 1 aromatic carbocycles. The summed E-state index contributed by atoms with van der Waals surface area (Å²) in [4.78, 5) is 78.9. The number of amides is 2. The topological polar surface area (TPSA) is 294 Å². The summed E-state index contributed by atoms with van der Waals surface area (Å²) >= 11 is -1.07. The highest BCUT2D eigenvalue weighted by atomic mass is 32.2. The number of benzene rings is 1. The number of carboxylic acid groups (broad SMARTS) is 2. The molecular formula is C22H17N7O12S2. The Hall–Kier alpha value is -5.41. The number of aromatic nitrogens is 1. The first-order chi connectivity index (χ1) is 20.3. The molecule has 3 atom stereocenters. The number of nitrogens with two attached hydrogens (primary N) is 1. The zero-order valence-corrected chi connectivity index (χ0v) is 22.8. The minimum atomic E-state index is -2.00. The lowest BCUT2D eigenvalue weighted by molar-refractivity contribution is -0.394. The van der Waals surface area contributed by atoms with Crippen LogP contribution in [0.3, 0.4) is 0 Å². The zero-order chi connectivity index (χ0) is 31.6. The molecule has 4 rings (SSSR count). The molecule has 0 radical (unpaired) electrons. The van der Waals surface area contributed by atoms with Crippen LogP contribution in [0.5, 0.6) is 0 Å². The van der Waals surface area contributed by atoms with Crippen LogP contribution in [-0.2, 0) is 35.2 Å². The first-order valence-corrected chi connectivity index (χ1v) is 13.8. The van der Waals surface area contributed by atoms with Crippen LogP contribution in [0.25, 0.3) is 6.08 Å². The van der Waals surface area contributed by atoms with E-state index in [9.17, 15) is 49.1 Å². The standard InChI is InChI=1S/C22H17N7O12S2/c23-22-24-12(7-42-22)15(26-41-6-14(30)31)18(32)25-16-19(33)27-17(21(34)35)10(8-43(40)20(16)27)2-1-9-3-4-11(28(36)37)5-13(9)29(38)39/h1-5,7,16,20H,6,8H2,(H2,23,24)(H,25,32)(H,30,31)(H,34,35)/b2-1+,26-15+/t16?,20-,43?/m1/s1. The van der Waals surface area contributed by atoms with Gasteiger partial charge in [0.1, 0.15) is 17.1 Å². The number of nitro benzene ring substituents is 2. The average Bonchev–Trinajstić information content (AvgIpc) is 3.37. The van der Waals surface area contributed by atoms with Crippen LogP contribution in [-0.4, -0.2) is 87.7 Å². The quantitative estimate of drug-likeness (QED) is 0.0818. The number of allylic oxidation sites excluding steroid dienone is 1. The van der Waals surface area contributed by atoms with E-state index in [0.717, 1.165) is 41.7 Å². The minimum absolute atomic E-state index is 0.0314. The van der Waals surface area contributed by atoms with Gasteiger partial charge >= 0.3 is 11.9 Å². The summed E-state index contributed by atoms with van der Waals surface area (Å²) in [6, 6.07) is 1.32. The number of carbonyl (C=O) groups is 4. The average molecular weight is 636 g/mol. The van der Waals surface area contributed by atoms with E-state index in [-0.39, 0.29) is 22.0 Å². The summed E-state index contributed by atoms with van der Waals surface area (Å²) in [5.41, 5.74) is 2.86. The molecule has 0 bridgehead atoms. The lowest BCUT2D eigenvalue weighted by Gasteiger charge is -2.48. The van der Waals surface area contributed by atoms with Gasteiger partial charge < -0.3 is 30.7 Å². The smallest absolute Gasteiger partial charge is 0.353 e. The molecule has 0 spiro atoms. The normalized spacial score (nSPS) is 19.9. The number of hydrogen-bond donors (Lipinski definition) is 4. The van der Waals surface area contributed by atoms with Crippen molar-refractivity contribution in [1.82, 2.24) is 15.2 Å². The fraction of sp³-hybridized carbons (Fsp3) is 0.182. The number of thiazole rings is 1. The van der Waals surface area contributed by atoms with Gasteiger partial charge in [-0.2, -0.15) is 0 Å². The molecule has 2 aliphatic rings. The highest BCUT2D eigenvalue weighted by Crippen LogP contribution is 2.38. The molecule has 21 heteroatoms. The number of nitro groups is 2. The fourth-order valence-electron chi connectivity index (χ4n) is 4.03. The number of nitrogens with zero attached hydrogens (tertiary/aromatic N) is 5. The molecule has 19 nitrogen and oxygen atoms in total. The summed E-state index contributed by atoms with van der Waals surface area (Å²) in [5, 5.41) is 46.8. The van der Waals surface area contributed by atoms with Crippen LogP contribution in [0.15, 0.2) is 46.1 Å². The maximum Gasteiger partial charge on any atom is 0.353 e. The number of anilines is 1. The lowest BCUT2D eigenvalue weighted by Crippen LogP contribution is -2.75. The van der Waals surface area contributed by atoms with E-state index in [4.69, 9.17) is 10.8 Å². The number of nitrogens with one attached hydrogen (secondary N) is 1. The van der Waals surface area contributed by atoms with Gasteiger partial charge in [-0.3, -0.25) is 34.7 Å². The maximum absolute atomic E-state index is 13.1. The monoisotopic (exact) mass is 635 g/mol. The van der Waals surface area contributed by atoms with Crippen molar-refractivity contribution in [3.63, 3.8) is 0 Å². The van der Waals surface area contributed by atoms with E-state index in [1.165, 1.54) is 5.38 Å². The van der Waals surface area contributed by atoms with E-state index in [2.05, 4.69) is 20.3 Å². The van der Waals surface area contributed by atoms with Crippen LogP contribution in [0.1, 0.15) is 11.3 Å². The Kier molecular flexibility index (Phi) is 8.68. The van der Waals surface area contributed by atoms with Crippen molar-refractivity contribution in [2.45, 2.75) is 11.4 Å². The molecule has 2 unspecified atom stereocenters. The second-order valence-electron chi connectivity index (χ2n) is 8.52. The maximum atomic E-state index is 13.1. The Morgan fingerprint density at radius 1 is 1.26 bits per heavy atom. The third-order valence-corrected chi connectivity index (χ3v) is 8.14. The van der Waals surface area contributed by atoms with E-state index >= 15 is 0 Å². The zero-order valence-electron chi connectivity index (χ0n) is 21.1. The van der Waals surface area contributed by atoms with Crippen LogP contribution >= 0.6 is 11.3 Å². The molecule has 0 aliphatic carbocycles. The predicted octanol–water partition coefficient (Wildman–Crippen LogP) is -0.185. The molecule has 1 aromatic heterocycles. The number of aliphatic carboxylic acids is 2. The number of oxime groups is 1. The summed E-state index contributed by atoms with van der Waals surface area (Å²) in [6.07, 6.45) is 2.20. The van der Waals surface area contributed by atoms with E-state index in [1.54, 1.807) is 0 Å². The highest BCUT2D eigenvalue weighted by Gasteiger charge is 2.61. The number of carbonyl (C=O) groups excluding carboxylic acids is 2. The van der Waals surface area contributed by atoms with Gasteiger partial charge in [0.25, 0.3) is 23.2 Å². The van der Waals surface area contributed by atoms with Crippen molar-refractivity contribution in [3.05, 3.63) is 72.4 Å². The summed E-state index contributed by atoms with van der Waals surface area (Å²) in [6.45, 7) is -0.911. The molecule has 1 saturated heterocycles. The molecule has 1 fully saturated rings. The van der Waals surface area contributed by atoms with Gasteiger partial charge in [0.05, 0.1) is 21.5 Å². The van der Waals surface area contributed by atoms with Crippen molar-refractivity contribution in [2.24, 2.45) is 5.16 Å². The Balaban J connectivity index is 1.61. The van der Waals surface area contributed by atoms with Gasteiger partial charge in [-0.15, -0.1) is 11.3 Å². The van der Waals surface area contributed by atoms with Gasteiger partial charge in [-0.1, -0.05) is 11.2 Å². The van der Waals surface area contributed by atoms with Crippen LogP contribution in [0.2, 0.25) is 0 Å². The molecular weight excluding hydrogens is 618 g/mol. The summed E-state index contributed by atoms with van der Waals surface area (Å²) in [7, 11) is 0. The Morgan fingerprint density at radius 2 is 1.98 bits per heavy atom. The van der Waals surface area contributed by atoms with Crippen molar-refractivity contribution in [1.29, 1.82) is 0 Å². The van der Waals surface area contributed by atoms with Crippen molar-refractivity contribution in [3.8, 4) is 0 Å². The van der Waals surface area contributed by atoms with Gasteiger partial charge in [0.2, 0.25) is 12.0 Å². The van der Waals surface area contributed by atoms with Crippen LogP contribution in [0, 0.1) is 20.2 Å². The molecule has 224 valence electrons. The fourth-order valence-corrected chi connectivity index (χ4v) is 6.22. The van der Waals surface area contributed by atoms with Gasteiger partial charge in [-0.05, 0) is 23.3 Å². The molecule has 5 N–H and O–H groups in total. The molecule has 2 aliphatic heterocycles. The predicted molar refractivity (Wildman–Crippen MR) is 146 cm³/mol. The summed E-state index contributed by atoms with van der Waals surface area (Å²) < 4.78 is 13.1. The van der Waals surface area contributed by atoms with E-state index < -0.39 is 91.3 Å². The number of β-lactam (4-membered cyclic amide) rings is 1. The SMILES string of the molecule is Nc1nc(/C(=N\OCC(=O)O)C(=O)NC2C(=O)N3C(C(=O)O)=C(/C=C/c4ccc([N+](=O)[O-])cc4[N+](=O)[O-])C[S+]([O-])[C@H]23)cs1. The molecule has 2 aromatic rings. The molecule has 43 heavy (non-hydrogen) atoms. The second-order valence-corrected chi connectivity index (χ2v) is 10.9. The van der Waals surface area contributed by atoms with Gasteiger partial charge in [-0.25, -0.2) is 14.6 Å². The van der Waals surface area contributed by atoms with Crippen molar-refractivity contribution in [2.75, 3.05) is 18.1 Å². The summed E-state index contributed by atoms with van der Waals surface area (Å²) in [5.74, 6) is -5.47. The first kappa shape index (κ1) is 30.5. The lowest BCUT2D eigenvalue weighted by atomic mass is 10.0. The largest absolute Gasteiger partial charge is 0.614 e. The third-order valence-electron chi connectivity index (χ3n) is 5.85. The highest BCUT2D eigenvalue weighted by molar-refractivity contribution is 7.92. The third kappa shape index (κ3) is 6.27. The van der Waals surface area contributed by atoms with Crippen molar-refractivity contribution >= 4 is 74.6 Å². The number of fused-ring (bicyclic) bond motifs is 1. The van der Waals surface area contributed by atoms with Gasteiger partial charge in [0.15, 0.2) is 16.9 Å².